The largest absolute Gasteiger partial charge is 0.492 e. The number of fused-ring (bicyclic) bond motifs is 4. The molecule has 11 nitrogen and oxygen atoms in total. The first-order valence-corrected chi connectivity index (χ1v) is 15.6. The number of cyclic esters (lactones) is 1. The maximum Gasteiger partial charge on any atom is 0.417 e. The molecule has 2 aromatic carbocycles. The number of aromatic nitrogens is 2. The van der Waals surface area contributed by atoms with E-state index >= 15 is 0 Å². The van der Waals surface area contributed by atoms with Gasteiger partial charge in [-0.15, -0.1) is 0 Å². The lowest BCUT2D eigenvalue weighted by atomic mass is 10.2. The Kier molecular flexibility index (Phi) is 9.44. The first-order valence-electron chi connectivity index (χ1n) is 14.2. The van der Waals surface area contributed by atoms with Crippen molar-refractivity contribution in [3.63, 3.8) is 0 Å². The summed E-state index contributed by atoms with van der Waals surface area (Å²) in [4.78, 5) is 30.1. The molecule has 0 saturated carbocycles. The number of alkyl halides is 3. The Balaban J connectivity index is 1.43. The number of aryl methyl sites for hydroxylation is 1. The molecule has 3 heterocycles. The van der Waals surface area contributed by atoms with Crippen molar-refractivity contribution in [2.45, 2.75) is 42.9 Å². The van der Waals surface area contributed by atoms with Crippen LogP contribution < -0.4 is 10.1 Å². The van der Waals surface area contributed by atoms with Crippen molar-refractivity contribution < 1.29 is 40.7 Å². The topological polar surface area (TPSA) is 123 Å². The van der Waals surface area contributed by atoms with Crippen LogP contribution in [0.4, 0.5) is 18.0 Å². The molecule has 1 N–H and O–H groups in total. The fraction of sp³-hybridized carbons (Fsp3) is 0.414. The number of rotatable bonds is 3. The van der Waals surface area contributed by atoms with E-state index in [1.165, 1.54) is 6.07 Å². The van der Waals surface area contributed by atoms with Crippen molar-refractivity contribution in [3.05, 3.63) is 66.5 Å². The molecule has 0 aliphatic carbocycles. The van der Waals surface area contributed by atoms with E-state index in [4.69, 9.17) is 9.47 Å². The zero-order valence-electron chi connectivity index (χ0n) is 23.7. The summed E-state index contributed by atoms with van der Waals surface area (Å²) in [6.07, 6.45) is -0.885. The number of nitrogens with zero attached hydrogens (tertiary/aromatic N) is 4. The Morgan fingerprint density at radius 1 is 0.955 bits per heavy atom. The van der Waals surface area contributed by atoms with Gasteiger partial charge in [0.25, 0.3) is 0 Å². The van der Waals surface area contributed by atoms with Crippen molar-refractivity contribution in [1.29, 1.82) is 0 Å². The fourth-order valence-corrected chi connectivity index (χ4v) is 6.92. The Bertz CT molecular complexity index is 1600. The summed E-state index contributed by atoms with van der Waals surface area (Å²) in [5.74, 6) is 0.790. The Hall–Kier alpha value is -4.11. The second-order valence-electron chi connectivity index (χ2n) is 10.4. The molecule has 1 saturated heterocycles. The highest BCUT2D eigenvalue weighted by Crippen LogP contribution is 2.35. The minimum atomic E-state index is -4.87. The monoisotopic (exact) mass is 635 g/mol. The molecule has 1 atom stereocenters. The van der Waals surface area contributed by atoms with Gasteiger partial charge in [0, 0.05) is 50.7 Å². The molecule has 2 amide bonds. The smallest absolute Gasteiger partial charge is 0.417 e. The van der Waals surface area contributed by atoms with Gasteiger partial charge in [-0.2, -0.15) is 17.5 Å². The van der Waals surface area contributed by atoms with Gasteiger partial charge in [0.15, 0.2) is 0 Å². The predicted octanol–water partition coefficient (Wildman–Crippen LogP) is 3.76. The van der Waals surface area contributed by atoms with Crippen LogP contribution in [0.15, 0.2) is 65.8 Å². The molecule has 5 rings (SSSR count). The molecule has 2 bridgehead atoms. The van der Waals surface area contributed by atoms with Gasteiger partial charge in [-0.1, -0.05) is 24.3 Å². The lowest BCUT2D eigenvalue weighted by molar-refractivity contribution is -0.140. The highest BCUT2D eigenvalue weighted by Gasteiger charge is 2.39. The Morgan fingerprint density at radius 2 is 1.73 bits per heavy atom. The number of sulfonamides is 1. The molecule has 0 radical (unpaired) electrons. The molecule has 3 aromatic rings. The molecule has 1 aromatic heterocycles. The van der Waals surface area contributed by atoms with E-state index in [1.54, 1.807) is 29.3 Å². The highest BCUT2D eigenvalue weighted by atomic mass is 32.2. The van der Waals surface area contributed by atoms with Crippen LogP contribution in [0.3, 0.4) is 0 Å². The van der Waals surface area contributed by atoms with Gasteiger partial charge in [-0.3, -0.25) is 4.79 Å². The second-order valence-corrected chi connectivity index (χ2v) is 12.3. The molecular formula is C29H32F3N5O6S. The molecule has 2 aliphatic rings. The summed E-state index contributed by atoms with van der Waals surface area (Å²) in [5, 5.41) is 2.49. The third-order valence-corrected chi connectivity index (χ3v) is 9.38. The number of imidazole rings is 1. The van der Waals surface area contributed by atoms with Crippen LogP contribution in [-0.4, -0.2) is 84.6 Å². The lowest BCUT2D eigenvalue weighted by Crippen LogP contribution is -2.46. The van der Waals surface area contributed by atoms with Gasteiger partial charge >= 0.3 is 12.3 Å². The molecule has 2 aliphatic heterocycles. The fourth-order valence-electron chi connectivity index (χ4n) is 5.25. The molecule has 236 valence electrons. The highest BCUT2D eigenvalue weighted by molar-refractivity contribution is 7.89. The van der Waals surface area contributed by atoms with Crippen molar-refractivity contribution in [2.24, 2.45) is 0 Å². The number of amides is 2. The van der Waals surface area contributed by atoms with Crippen LogP contribution in [0.2, 0.25) is 0 Å². The van der Waals surface area contributed by atoms with E-state index in [-0.39, 0.29) is 45.2 Å². The number of hydrogen-bond donors (Lipinski definition) is 1. The average Bonchev–Trinajstić information content (AvgIpc) is 3.65. The third-order valence-electron chi connectivity index (χ3n) is 7.42. The zero-order valence-corrected chi connectivity index (χ0v) is 24.5. The van der Waals surface area contributed by atoms with E-state index in [9.17, 15) is 31.2 Å². The minimum Gasteiger partial charge on any atom is -0.492 e. The zero-order chi connectivity index (χ0) is 31.3. The van der Waals surface area contributed by atoms with Crippen LogP contribution in [-0.2, 0) is 32.3 Å². The normalized spacial score (nSPS) is 19.3. The number of benzene rings is 2. The Labute approximate surface area is 252 Å². The average molecular weight is 636 g/mol. The van der Waals surface area contributed by atoms with E-state index in [1.807, 2.05) is 16.8 Å². The number of carbonyl (C=O) groups is 2. The quantitative estimate of drug-likeness (QED) is 0.465. The number of halogens is 3. The van der Waals surface area contributed by atoms with Gasteiger partial charge in [-0.25, -0.2) is 18.2 Å². The van der Waals surface area contributed by atoms with Crippen molar-refractivity contribution in [3.8, 4) is 17.1 Å². The maximum atomic E-state index is 13.8. The summed E-state index contributed by atoms with van der Waals surface area (Å²) in [6, 6.07) is 10.3. The number of hydrogen-bond acceptors (Lipinski definition) is 7. The van der Waals surface area contributed by atoms with Crippen molar-refractivity contribution in [1.82, 2.24) is 24.1 Å². The molecule has 1 fully saturated rings. The van der Waals surface area contributed by atoms with Gasteiger partial charge in [0.1, 0.15) is 30.8 Å². The summed E-state index contributed by atoms with van der Waals surface area (Å²) < 4.78 is 82.3. The van der Waals surface area contributed by atoms with E-state index in [0.717, 1.165) is 28.1 Å². The minimum absolute atomic E-state index is 0.0964. The molecule has 15 heteroatoms. The van der Waals surface area contributed by atoms with Crippen molar-refractivity contribution in [2.75, 3.05) is 39.4 Å². The first-order chi connectivity index (χ1) is 21.0. The number of carbonyl (C=O) groups excluding carboxylic acids is 2. The Morgan fingerprint density at radius 3 is 2.50 bits per heavy atom. The summed E-state index contributed by atoms with van der Waals surface area (Å²) in [5.41, 5.74) is -0.496. The maximum absolute atomic E-state index is 13.8. The molecule has 0 spiro atoms. The van der Waals surface area contributed by atoms with Gasteiger partial charge in [0.05, 0.1) is 10.5 Å². The molecule has 0 unspecified atom stereocenters. The lowest BCUT2D eigenvalue weighted by Gasteiger charge is -2.26. The van der Waals surface area contributed by atoms with Crippen LogP contribution in [0, 0.1) is 0 Å². The summed E-state index contributed by atoms with van der Waals surface area (Å²) >= 11 is 0. The standard InChI is InChI=1S/C29H32F3N5O6S/c30-29(31,32)23-9-1-2-10-25(23)44(40,41)37-15-4-3-12-36(27(38)24-20-43-28(39)34-24)14-6-13-35-16-11-33-26(35)21-7-5-8-22(19-21)42-18-17-37/h1-2,5,7-11,16,19,24H,3-4,6,12-15,17-18,20H2,(H,34,39)/t24-/m0/s1. The summed E-state index contributed by atoms with van der Waals surface area (Å²) in [6.45, 7) is 0.611. The van der Waals surface area contributed by atoms with Crippen LogP contribution >= 0.6 is 0 Å². The molecule has 44 heavy (non-hydrogen) atoms. The third kappa shape index (κ3) is 7.16. The van der Waals surface area contributed by atoms with Crippen LogP contribution in [0.1, 0.15) is 24.8 Å². The van der Waals surface area contributed by atoms with Gasteiger partial charge < -0.3 is 24.3 Å². The second kappa shape index (κ2) is 13.3. The SMILES string of the molecule is O=C1N[C@H](C(=O)N2CCCCN(S(=O)(=O)c3ccccc3C(F)(F)F)CCOc3cccc(c3)-c3nccn3CCC2)CO1. The number of nitrogens with one attached hydrogen (secondary N) is 1. The van der Waals surface area contributed by atoms with Crippen LogP contribution in [0.25, 0.3) is 11.4 Å². The number of ether oxygens (including phenoxy) is 2. The van der Waals surface area contributed by atoms with E-state index < -0.39 is 38.8 Å². The van der Waals surface area contributed by atoms with Gasteiger partial charge in [-0.05, 0) is 43.5 Å². The van der Waals surface area contributed by atoms with Crippen molar-refractivity contribution >= 4 is 22.0 Å². The summed E-state index contributed by atoms with van der Waals surface area (Å²) in [7, 11) is -4.58. The number of alkyl carbamates (subject to hydrolysis) is 1. The first kappa shape index (κ1) is 31.3. The van der Waals surface area contributed by atoms with Gasteiger partial charge in [0.2, 0.25) is 15.9 Å². The van der Waals surface area contributed by atoms with E-state index in [2.05, 4.69) is 10.3 Å². The predicted molar refractivity (Wildman–Crippen MR) is 152 cm³/mol. The van der Waals surface area contributed by atoms with E-state index in [0.29, 0.717) is 37.5 Å². The van der Waals surface area contributed by atoms with Crippen LogP contribution in [0.5, 0.6) is 5.75 Å². The molecular weight excluding hydrogens is 603 g/mol.